The molecule has 2 amide bonds. The van der Waals surface area contributed by atoms with Gasteiger partial charge >= 0.3 is 12.0 Å². The Morgan fingerprint density at radius 2 is 2.00 bits per heavy atom. The van der Waals surface area contributed by atoms with E-state index in [-0.39, 0.29) is 11.9 Å². The highest BCUT2D eigenvalue weighted by molar-refractivity contribution is 5.91. The number of benzene rings is 1. The standard InChI is InChI=1S/C15H20N2O4/c1-16(12-4-3-5-13(10-12)21-2)15(20)17-8-6-11(7-9-17)14(18)19/h3-5,10-11H,6-9H2,1-2H3,(H,18,19). The predicted octanol–water partition coefficient (Wildman–Crippen LogP) is 2.05. The van der Waals surface area contributed by atoms with E-state index >= 15 is 0 Å². The molecule has 21 heavy (non-hydrogen) atoms. The fourth-order valence-corrected chi connectivity index (χ4v) is 2.46. The van der Waals surface area contributed by atoms with E-state index < -0.39 is 5.97 Å². The molecule has 1 heterocycles. The van der Waals surface area contributed by atoms with Crippen molar-refractivity contribution in [3.8, 4) is 5.75 Å². The van der Waals surface area contributed by atoms with Crippen molar-refractivity contribution >= 4 is 17.7 Å². The number of amides is 2. The van der Waals surface area contributed by atoms with Crippen LogP contribution in [0.4, 0.5) is 10.5 Å². The largest absolute Gasteiger partial charge is 0.497 e. The first-order valence-electron chi connectivity index (χ1n) is 6.92. The van der Waals surface area contributed by atoms with Crippen LogP contribution in [0, 0.1) is 5.92 Å². The maximum atomic E-state index is 12.4. The molecule has 0 aliphatic carbocycles. The summed E-state index contributed by atoms with van der Waals surface area (Å²) in [6.45, 7) is 0.953. The fraction of sp³-hybridized carbons (Fsp3) is 0.467. The molecule has 1 aromatic carbocycles. The van der Waals surface area contributed by atoms with Gasteiger partial charge in [-0.15, -0.1) is 0 Å². The summed E-state index contributed by atoms with van der Waals surface area (Å²) in [5.74, 6) is -0.420. The number of ether oxygens (including phenoxy) is 1. The maximum Gasteiger partial charge on any atom is 0.324 e. The topological polar surface area (TPSA) is 70.1 Å². The number of hydrogen-bond donors (Lipinski definition) is 1. The van der Waals surface area contributed by atoms with Crippen molar-refractivity contribution in [2.24, 2.45) is 5.92 Å². The van der Waals surface area contributed by atoms with Crippen LogP contribution in [0.3, 0.4) is 0 Å². The molecular formula is C15H20N2O4. The smallest absolute Gasteiger partial charge is 0.324 e. The number of anilines is 1. The van der Waals surface area contributed by atoms with E-state index in [4.69, 9.17) is 9.84 Å². The molecule has 0 unspecified atom stereocenters. The zero-order chi connectivity index (χ0) is 15.4. The molecule has 0 bridgehead atoms. The van der Waals surface area contributed by atoms with E-state index in [0.29, 0.717) is 31.7 Å². The molecule has 2 rings (SSSR count). The van der Waals surface area contributed by atoms with Gasteiger partial charge in [0.2, 0.25) is 0 Å². The average molecular weight is 292 g/mol. The number of carboxylic acid groups (broad SMARTS) is 1. The van der Waals surface area contributed by atoms with E-state index in [0.717, 1.165) is 5.69 Å². The lowest BCUT2D eigenvalue weighted by atomic mass is 9.97. The summed E-state index contributed by atoms with van der Waals surface area (Å²) in [6, 6.07) is 7.16. The molecule has 1 aliphatic rings. The summed E-state index contributed by atoms with van der Waals surface area (Å²) in [5, 5.41) is 8.98. The van der Waals surface area contributed by atoms with Crippen LogP contribution >= 0.6 is 0 Å². The average Bonchev–Trinajstić information content (AvgIpc) is 2.53. The molecule has 1 fully saturated rings. The van der Waals surface area contributed by atoms with Crippen LogP contribution in [-0.2, 0) is 4.79 Å². The highest BCUT2D eigenvalue weighted by Gasteiger charge is 2.28. The summed E-state index contributed by atoms with van der Waals surface area (Å²) in [5.41, 5.74) is 0.750. The van der Waals surface area contributed by atoms with Crippen molar-refractivity contribution < 1.29 is 19.4 Å². The summed E-state index contributed by atoms with van der Waals surface area (Å²) in [7, 11) is 3.29. The molecule has 1 aliphatic heterocycles. The number of piperidine rings is 1. The molecular weight excluding hydrogens is 272 g/mol. The summed E-state index contributed by atoms with van der Waals surface area (Å²) in [6.07, 6.45) is 1.01. The number of carbonyl (C=O) groups excluding carboxylic acids is 1. The first-order valence-corrected chi connectivity index (χ1v) is 6.92. The van der Waals surface area contributed by atoms with E-state index in [1.165, 1.54) is 0 Å². The van der Waals surface area contributed by atoms with Crippen LogP contribution in [0.25, 0.3) is 0 Å². The molecule has 0 radical (unpaired) electrons. The SMILES string of the molecule is COc1cccc(N(C)C(=O)N2CCC(C(=O)O)CC2)c1. The minimum atomic E-state index is -0.775. The minimum Gasteiger partial charge on any atom is -0.497 e. The number of aliphatic carboxylic acids is 1. The Bertz CT molecular complexity index is 524. The molecule has 6 nitrogen and oxygen atoms in total. The summed E-state index contributed by atoms with van der Waals surface area (Å²) >= 11 is 0. The number of rotatable bonds is 3. The van der Waals surface area contributed by atoms with E-state index in [9.17, 15) is 9.59 Å². The fourth-order valence-electron chi connectivity index (χ4n) is 2.46. The molecule has 6 heteroatoms. The Balaban J connectivity index is 2.01. The van der Waals surface area contributed by atoms with Crippen LogP contribution in [0.2, 0.25) is 0 Å². The second-order valence-electron chi connectivity index (χ2n) is 5.14. The van der Waals surface area contributed by atoms with Crippen molar-refractivity contribution in [2.75, 3.05) is 32.1 Å². The van der Waals surface area contributed by atoms with Gasteiger partial charge in [0.05, 0.1) is 13.0 Å². The number of carboxylic acids is 1. The Labute approximate surface area is 123 Å². The van der Waals surface area contributed by atoms with Gasteiger partial charge in [-0.3, -0.25) is 9.69 Å². The molecule has 1 aromatic rings. The predicted molar refractivity (Wildman–Crippen MR) is 78.7 cm³/mol. The molecule has 114 valence electrons. The lowest BCUT2D eigenvalue weighted by Crippen LogP contribution is -2.46. The third kappa shape index (κ3) is 3.45. The van der Waals surface area contributed by atoms with Crippen molar-refractivity contribution in [2.45, 2.75) is 12.8 Å². The Hall–Kier alpha value is -2.24. The van der Waals surface area contributed by atoms with Crippen LogP contribution in [0.1, 0.15) is 12.8 Å². The highest BCUT2D eigenvalue weighted by Crippen LogP contribution is 2.23. The van der Waals surface area contributed by atoms with Gasteiger partial charge in [0, 0.05) is 31.9 Å². The van der Waals surface area contributed by atoms with Gasteiger partial charge in [0.25, 0.3) is 0 Å². The van der Waals surface area contributed by atoms with E-state index in [1.807, 2.05) is 18.2 Å². The Morgan fingerprint density at radius 3 is 2.57 bits per heavy atom. The summed E-state index contributed by atoms with van der Waals surface area (Å²) < 4.78 is 5.15. The first-order chi connectivity index (χ1) is 10.0. The quantitative estimate of drug-likeness (QED) is 0.925. The number of methoxy groups -OCH3 is 1. The van der Waals surface area contributed by atoms with E-state index in [1.54, 1.807) is 30.0 Å². The molecule has 0 atom stereocenters. The summed E-state index contributed by atoms with van der Waals surface area (Å²) in [4.78, 5) is 26.6. The molecule has 1 saturated heterocycles. The van der Waals surface area contributed by atoms with Gasteiger partial charge in [-0.2, -0.15) is 0 Å². The minimum absolute atomic E-state index is 0.118. The zero-order valence-corrected chi connectivity index (χ0v) is 12.3. The molecule has 1 N–H and O–H groups in total. The second-order valence-corrected chi connectivity index (χ2v) is 5.14. The monoisotopic (exact) mass is 292 g/mol. The van der Waals surface area contributed by atoms with Gasteiger partial charge in [-0.1, -0.05) is 6.07 Å². The van der Waals surface area contributed by atoms with Gasteiger partial charge < -0.3 is 14.7 Å². The number of carbonyl (C=O) groups is 2. The van der Waals surface area contributed by atoms with Crippen LogP contribution in [0.5, 0.6) is 5.75 Å². The van der Waals surface area contributed by atoms with Crippen molar-refractivity contribution in [3.63, 3.8) is 0 Å². The molecule has 0 saturated carbocycles. The number of likely N-dealkylation sites (tertiary alicyclic amines) is 1. The normalized spacial score (nSPS) is 15.6. The second kappa shape index (κ2) is 6.47. The first kappa shape index (κ1) is 15.2. The van der Waals surface area contributed by atoms with Crippen molar-refractivity contribution in [3.05, 3.63) is 24.3 Å². The zero-order valence-electron chi connectivity index (χ0n) is 12.3. The lowest BCUT2D eigenvalue weighted by Gasteiger charge is -2.33. The van der Waals surface area contributed by atoms with Crippen LogP contribution in [0.15, 0.2) is 24.3 Å². The third-order valence-corrected chi connectivity index (χ3v) is 3.84. The van der Waals surface area contributed by atoms with Crippen molar-refractivity contribution in [1.29, 1.82) is 0 Å². The van der Waals surface area contributed by atoms with E-state index in [2.05, 4.69) is 0 Å². The number of urea groups is 1. The lowest BCUT2D eigenvalue weighted by molar-refractivity contribution is -0.143. The Kier molecular flexibility index (Phi) is 4.67. The van der Waals surface area contributed by atoms with Gasteiger partial charge in [-0.25, -0.2) is 4.79 Å². The van der Waals surface area contributed by atoms with Gasteiger partial charge in [-0.05, 0) is 25.0 Å². The molecule has 0 aromatic heterocycles. The van der Waals surface area contributed by atoms with Crippen molar-refractivity contribution in [1.82, 2.24) is 4.90 Å². The number of nitrogens with zero attached hydrogens (tertiary/aromatic N) is 2. The van der Waals surface area contributed by atoms with Gasteiger partial charge in [0.1, 0.15) is 5.75 Å². The Morgan fingerprint density at radius 1 is 1.33 bits per heavy atom. The molecule has 0 spiro atoms. The van der Waals surface area contributed by atoms with Crippen LogP contribution < -0.4 is 9.64 Å². The van der Waals surface area contributed by atoms with Crippen LogP contribution in [-0.4, -0.2) is 49.3 Å². The van der Waals surface area contributed by atoms with Gasteiger partial charge in [0.15, 0.2) is 0 Å². The third-order valence-electron chi connectivity index (χ3n) is 3.84. The maximum absolute atomic E-state index is 12.4. The highest BCUT2D eigenvalue weighted by atomic mass is 16.5. The number of hydrogen-bond acceptors (Lipinski definition) is 3.